The molecule has 0 radical (unpaired) electrons. The fourth-order valence-corrected chi connectivity index (χ4v) is 3.20. The number of nitrogens with zero attached hydrogens (tertiary/aromatic N) is 2. The molecular formula is C15H21ClN4O. The Morgan fingerprint density at radius 1 is 1.29 bits per heavy atom. The van der Waals surface area contributed by atoms with Crippen molar-refractivity contribution in [1.82, 2.24) is 15.1 Å². The first kappa shape index (κ1) is 14.6. The number of rotatable bonds is 2. The molecule has 3 rings (SSSR count). The molecular weight excluding hydrogens is 288 g/mol. The second-order valence-electron chi connectivity index (χ2n) is 5.61. The van der Waals surface area contributed by atoms with Crippen LogP contribution in [0.25, 0.3) is 0 Å². The van der Waals surface area contributed by atoms with Gasteiger partial charge in [-0.2, -0.15) is 0 Å². The molecule has 6 heteroatoms. The summed E-state index contributed by atoms with van der Waals surface area (Å²) in [5.74, 6) is 0. The van der Waals surface area contributed by atoms with E-state index in [2.05, 4.69) is 15.5 Å². The number of carbonyl (C=O) groups is 1. The number of benzene rings is 1. The Morgan fingerprint density at radius 3 is 2.76 bits per heavy atom. The number of urea groups is 1. The monoisotopic (exact) mass is 308 g/mol. The van der Waals surface area contributed by atoms with Crippen molar-refractivity contribution in [3.8, 4) is 0 Å². The second kappa shape index (κ2) is 6.64. The van der Waals surface area contributed by atoms with Crippen LogP contribution in [0.4, 0.5) is 10.5 Å². The summed E-state index contributed by atoms with van der Waals surface area (Å²) in [6.07, 6.45) is 1.22. The Bertz CT molecular complexity index is 496. The Morgan fingerprint density at radius 2 is 2.10 bits per heavy atom. The summed E-state index contributed by atoms with van der Waals surface area (Å²) in [5.41, 5.74) is 0.745. The summed E-state index contributed by atoms with van der Waals surface area (Å²) in [7, 11) is 0. The molecule has 114 valence electrons. The molecule has 0 aromatic heterocycles. The zero-order valence-electron chi connectivity index (χ0n) is 12.0. The number of carbonyl (C=O) groups excluding carboxylic acids is 1. The maximum Gasteiger partial charge on any atom is 0.321 e. The van der Waals surface area contributed by atoms with Gasteiger partial charge in [-0.3, -0.25) is 4.90 Å². The first-order valence-electron chi connectivity index (χ1n) is 7.48. The molecule has 2 amide bonds. The van der Waals surface area contributed by atoms with Crippen LogP contribution in [0.15, 0.2) is 24.3 Å². The lowest BCUT2D eigenvalue weighted by Gasteiger charge is -2.37. The van der Waals surface area contributed by atoms with E-state index in [-0.39, 0.29) is 6.03 Å². The third-order valence-corrected chi connectivity index (χ3v) is 4.46. The Hall–Kier alpha value is -1.30. The quantitative estimate of drug-likeness (QED) is 0.876. The number of hydrogen-bond acceptors (Lipinski definition) is 3. The molecule has 5 nitrogen and oxygen atoms in total. The Balaban J connectivity index is 1.50. The number of halogens is 1. The highest BCUT2D eigenvalue weighted by atomic mass is 35.5. The molecule has 2 saturated heterocycles. The molecule has 1 unspecified atom stereocenters. The van der Waals surface area contributed by atoms with E-state index in [0.717, 1.165) is 45.0 Å². The van der Waals surface area contributed by atoms with E-state index in [9.17, 15) is 4.79 Å². The van der Waals surface area contributed by atoms with Crippen LogP contribution >= 0.6 is 11.6 Å². The third kappa shape index (κ3) is 3.67. The Labute approximate surface area is 130 Å². The SMILES string of the molecule is O=C(Nc1cccc(Cl)c1)N1CCN(C2CCNC2)CC1. The molecule has 1 aromatic carbocycles. The van der Waals surface area contributed by atoms with E-state index in [1.165, 1.54) is 6.42 Å². The summed E-state index contributed by atoms with van der Waals surface area (Å²) in [6.45, 7) is 5.66. The summed E-state index contributed by atoms with van der Waals surface area (Å²) < 4.78 is 0. The van der Waals surface area contributed by atoms with E-state index in [4.69, 9.17) is 11.6 Å². The van der Waals surface area contributed by atoms with E-state index in [1.54, 1.807) is 12.1 Å². The van der Waals surface area contributed by atoms with Crippen molar-refractivity contribution in [2.45, 2.75) is 12.5 Å². The van der Waals surface area contributed by atoms with Gasteiger partial charge in [-0.25, -0.2) is 4.79 Å². The van der Waals surface area contributed by atoms with Crippen LogP contribution in [0.5, 0.6) is 0 Å². The largest absolute Gasteiger partial charge is 0.322 e. The van der Waals surface area contributed by atoms with Crippen LogP contribution in [-0.2, 0) is 0 Å². The van der Waals surface area contributed by atoms with E-state index >= 15 is 0 Å². The van der Waals surface area contributed by atoms with E-state index in [1.807, 2.05) is 17.0 Å². The van der Waals surface area contributed by atoms with Crippen LogP contribution in [0, 0.1) is 0 Å². The van der Waals surface area contributed by atoms with Gasteiger partial charge in [0.15, 0.2) is 0 Å². The molecule has 1 aromatic rings. The van der Waals surface area contributed by atoms with E-state index in [0.29, 0.717) is 11.1 Å². The van der Waals surface area contributed by atoms with Crippen LogP contribution < -0.4 is 10.6 Å². The van der Waals surface area contributed by atoms with Gasteiger partial charge in [0.1, 0.15) is 0 Å². The topological polar surface area (TPSA) is 47.6 Å². The summed E-state index contributed by atoms with van der Waals surface area (Å²) >= 11 is 5.93. The Kier molecular flexibility index (Phi) is 4.63. The van der Waals surface area contributed by atoms with Crippen LogP contribution in [-0.4, -0.2) is 61.1 Å². The van der Waals surface area contributed by atoms with Crippen molar-refractivity contribution < 1.29 is 4.79 Å². The molecule has 0 bridgehead atoms. The summed E-state index contributed by atoms with van der Waals surface area (Å²) in [5, 5.41) is 6.93. The van der Waals surface area contributed by atoms with E-state index < -0.39 is 0 Å². The lowest BCUT2D eigenvalue weighted by molar-refractivity contribution is 0.119. The number of amides is 2. The fraction of sp³-hybridized carbons (Fsp3) is 0.533. The maximum atomic E-state index is 12.2. The number of piperazine rings is 1. The van der Waals surface area contributed by atoms with Gasteiger partial charge >= 0.3 is 6.03 Å². The molecule has 2 N–H and O–H groups in total. The second-order valence-corrected chi connectivity index (χ2v) is 6.05. The molecule has 0 aliphatic carbocycles. The fourth-order valence-electron chi connectivity index (χ4n) is 3.01. The number of nitrogens with one attached hydrogen (secondary N) is 2. The molecule has 2 aliphatic heterocycles. The molecule has 1 atom stereocenters. The first-order chi connectivity index (χ1) is 10.2. The first-order valence-corrected chi connectivity index (χ1v) is 7.86. The van der Waals surface area contributed by atoms with Crippen molar-refractivity contribution >= 4 is 23.3 Å². The number of hydrogen-bond donors (Lipinski definition) is 2. The minimum atomic E-state index is -0.0403. The predicted molar refractivity (Wildman–Crippen MR) is 84.9 cm³/mol. The van der Waals surface area contributed by atoms with Crippen molar-refractivity contribution in [3.05, 3.63) is 29.3 Å². The minimum Gasteiger partial charge on any atom is -0.322 e. The van der Waals surface area contributed by atoms with Crippen molar-refractivity contribution in [2.75, 3.05) is 44.6 Å². The van der Waals surface area contributed by atoms with Gasteiger partial charge < -0.3 is 15.5 Å². The molecule has 2 fully saturated rings. The third-order valence-electron chi connectivity index (χ3n) is 4.23. The highest BCUT2D eigenvalue weighted by Gasteiger charge is 2.27. The smallest absolute Gasteiger partial charge is 0.321 e. The molecule has 2 aliphatic rings. The van der Waals surface area contributed by atoms with Gasteiger partial charge in [-0.1, -0.05) is 17.7 Å². The average molecular weight is 309 g/mol. The molecule has 21 heavy (non-hydrogen) atoms. The van der Waals surface area contributed by atoms with Crippen molar-refractivity contribution in [1.29, 1.82) is 0 Å². The average Bonchev–Trinajstić information content (AvgIpc) is 3.01. The summed E-state index contributed by atoms with van der Waals surface area (Å²) in [4.78, 5) is 16.6. The van der Waals surface area contributed by atoms with Crippen LogP contribution in [0.2, 0.25) is 5.02 Å². The molecule has 2 heterocycles. The number of anilines is 1. The molecule has 0 saturated carbocycles. The van der Waals surface area contributed by atoms with Crippen LogP contribution in [0.1, 0.15) is 6.42 Å². The standard InChI is InChI=1S/C15H21ClN4O/c16-12-2-1-3-13(10-12)18-15(21)20-8-6-19(7-9-20)14-4-5-17-11-14/h1-3,10,14,17H,4-9,11H2,(H,18,21). The minimum absolute atomic E-state index is 0.0403. The van der Waals surface area contributed by atoms with Gasteiger partial charge in [-0.15, -0.1) is 0 Å². The lowest BCUT2D eigenvalue weighted by atomic mass is 10.2. The van der Waals surface area contributed by atoms with Gasteiger partial charge in [0.25, 0.3) is 0 Å². The van der Waals surface area contributed by atoms with Gasteiger partial charge in [0.05, 0.1) is 0 Å². The zero-order chi connectivity index (χ0) is 14.7. The molecule has 0 spiro atoms. The lowest BCUT2D eigenvalue weighted by Crippen LogP contribution is -2.53. The van der Waals surface area contributed by atoms with Gasteiger partial charge in [0, 0.05) is 49.5 Å². The van der Waals surface area contributed by atoms with Crippen LogP contribution in [0.3, 0.4) is 0 Å². The zero-order valence-corrected chi connectivity index (χ0v) is 12.8. The highest BCUT2D eigenvalue weighted by molar-refractivity contribution is 6.30. The predicted octanol–water partition coefficient (Wildman–Crippen LogP) is 1.85. The van der Waals surface area contributed by atoms with Gasteiger partial charge in [0.2, 0.25) is 0 Å². The normalized spacial score (nSPS) is 23.3. The maximum absolute atomic E-state index is 12.2. The van der Waals surface area contributed by atoms with Crippen molar-refractivity contribution in [2.24, 2.45) is 0 Å². The summed E-state index contributed by atoms with van der Waals surface area (Å²) in [6, 6.07) is 7.85. The highest BCUT2D eigenvalue weighted by Crippen LogP contribution is 2.16. The van der Waals surface area contributed by atoms with Gasteiger partial charge in [-0.05, 0) is 31.2 Å². The van der Waals surface area contributed by atoms with Crippen molar-refractivity contribution in [3.63, 3.8) is 0 Å².